The zero-order chi connectivity index (χ0) is 18.6. The lowest BCUT2D eigenvalue weighted by Gasteiger charge is -2.12. The van der Waals surface area contributed by atoms with Crippen molar-refractivity contribution < 1.29 is 22.7 Å². The molecule has 10 heteroatoms. The highest BCUT2D eigenvalue weighted by Gasteiger charge is 2.18. The molecule has 0 unspecified atom stereocenters. The van der Waals surface area contributed by atoms with Gasteiger partial charge in [-0.05, 0) is 36.6 Å². The SMILES string of the molecule is C[C@H](NC(=O)COC(=O)c1ccc(Cl)c(S(N)(=O)=O)c1)c1cccs1. The smallest absolute Gasteiger partial charge is 0.338 e. The number of amides is 1. The third kappa shape index (κ3) is 5.27. The molecule has 0 saturated heterocycles. The Balaban J connectivity index is 1.97. The van der Waals surface area contributed by atoms with Gasteiger partial charge in [0.1, 0.15) is 4.90 Å². The van der Waals surface area contributed by atoms with Gasteiger partial charge in [0, 0.05) is 4.88 Å². The highest BCUT2D eigenvalue weighted by atomic mass is 35.5. The van der Waals surface area contributed by atoms with Crippen LogP contribution in [0.2, 0.25) is 5.02 Å². The number of carbonyl (C=O) groups is 2. The molecule has 1 heterocycles. The normalized spacial score (nSPS) is 12.4. The van der Waals surface area contributed by atoms with Gasteiger partial charge in [-0.25, -0.2) is 18.4 Å². The zero-order valence-electron chi connectivity index (χ0n) is 13.1. The summed E-state index contributed by atoms with van der Waals surface area (Å²) in [5.41, 5.74) is -0.0764. The van der Waals surface area contributed by atoms with E-state index in [4.69, 9.17) is 21.5 Å². The van der Waals surface area contributed by atoms with Crippen molar-refractivity contribution >= 4 is 44.8 Å². The van der Waals surface area contributed by atoms with Crippen molar-refractivity contribution in [3.05, 3.63) is 51.2 Å². The number of nitrogens with two attached hydrogens (primary N) is 1. The monoisotopic (exact) mass is 402 g/mol. The minimum Gasteiger partial charge on any atom is -0.452 e. The Morgan fingerprint density at radius 1 is 1.36 bits per heavy atom. The minimum absolute atomic E-state index is 0.0764. The van der Waals surface area contributed by atoms with E-state index in [1.54, 1.807) is 0 Å². The Bertz CT molecular complexity index is 881. The lowest BCUT2D eigenvalue weighted by molar-refractivity contribution is -0.124. The Kier molecular flexibility index (Phi) is 6.17. The first kappa shape index (κ1) is 19.4. The molecule has 7 nitrogen and oxygen atoms in total. The van der Waals surface area contributed by atoms with Crippen molar-refractivity contribution in [3.8, 4) is 0 Å². The molecule has 0 radical (unpaired) electrons. The van der Waals surface area contributed by atoms with Gasteiger partial charge in [-0.1, -0.05) is 17.7 Å². The van der Waals surface area contributed by atoms with Gasteiger partial charge >= 0.3 is 5.97 Å². The molecule has 0 fully saturated rings. The fourth-order valence-corrected chi connectivity index (χ4v) is 3.76. The van der Waals surface area contributed by atoms with Crippen LogP contribution in [-0.2, 0) is 19.6 Å². The molecule has 1 amide bonds. The lowest BCUT2D eigenvalue weighted by Crippen LogP contribution is -2.30. The standard InChI is InChI=1S/C15H15ClN2O5S2/c1-9(12-3-2-6-24-12)18-14(19)8-23-15(20)10-4-5-11(16)13(7-10)25(17,21)22/h2-7,9H,8H2,1H3,(H,18,19)(H2,17,21,22)/t9-/m0/s1. The molecule has 3 N–H and O–H groups in total. The topological polar surface area (TPSA) is 116 Å². The van der Waals surface area contributed by atoms with Gasteiger partial charge in [0.15, 0.2) is 6.61 Å². The third-order valence-electron chi connectivity index (χ3n) is 3.16. The van der Waals surface area contributed by atoms with Crippen LogP contribution in [0.25, 0.3) is 0 Å². The van der Waals surface area contributed by atoms with Crippen molar-refractivity contribution in [1.29, 1.82) is 0 Å². The lowest BCUT2D eigenvalue weighted by atomic mass is 10.2. The van der Waals surface area contributed by atoms with Crippen molar-refractivity contribution in [3.63, 3.8) is 0 Å². The van der Waals surface area contributed by atoms with E-state index in [1.165, 1.54) is 23.5 Å². The molecule has 0 bridgehead atoms. The fraction of sp³-hybridized carbons (Fsp3) is 0.200. The molecule has 0 aliphatic rings. The second-order valence-corrected chi connectivity index (χ2v) is 7.99. The first-order chi connectivity index (χ1) is 11.7. The summed E-state index contributed by atoms with van der Waals surface area (Å²) in [6.07, 6.45) is 0. The van der Waals surface area contributed by atoms with Crippen LogP contribution < -0.4 is 10.5 Å². The second-order valence-electron chi connectivity index (χ2n) is 5.07. The number of halogens is 1. The number of benzene rings is 1. The number of sulfonamides is 1. The van der Waals surface area contributed by atoms with Gasteiger partial charge in [-0.3, -0.25) is 4.79 Å². The molecular weight excluding hydrogens is 388 g/mol. The van der Waals surface area contributed by atoms with Crippen LogP contribution in [0.1, 0.15) is 28.2 Å². The Labute approximate surface area is 153 Å². The van der Waals surface area contributed by atoms with Crippen molar-refractivity contribution in [1.82, 2.24) is 5.32 Å². The summed E-state index contributed by atoms with van der Waals surface area (Å²) < 4.78 is 27.7. The number of hydrogen-bond acceptors (Lipinski definition) is 6. The summed E-state index contributed by atoms with van der Waals surface area (Å²) in [6, 6.07) is 7.04. The van der Waals surface area contributed by atoms with Crippen LogP contribution in [0.15, 0.2) is 40.6 Å². The quantitative estimate of drug-likeness (QED) is 0.717. The molecule has 2 aromatic rings. The van der Waals surface area contributed by atoms with Crippen molar-refractivity contribution in [2.75, 3.05) is 6.61 Å². The summed E-state index contributed by atoms with van der Waals surface area (Å²) in [4.78, 5) is 24.4. The molecule has 1 aromatic carbocycles. The molecular formula is C15H15ClN2O5S2. The number of ether oxygens (including phenoxy) is 1. The predicted octanol–water partition coefficient (Wildman–Crippen LogP) is 2.08. The maximum absolute atomic E-state index is 12.0. The zero-order valence-corrected chi connectivity index (χ0v) is 15.5. The molecule has 0 spiro atoms. The van der Waals surface area contributed by atoms with Gasteiger partial charge in [-0.15, -0.1) is 11.3 Å². The van der Waals surface area contributed by atoms with E-state index in [0.717, 1.165) is 10.9 Å². The molecule has 2 rings (SSSR count). The summed E-state index contributed by atoms with van der Waals surface area (Å²) in [5, 5.41) is 9.49. The third-order valence-corrected chi connectivity index (χ3v) is 5.60. The average molecular weight is 403 g/mol. The number of carbonyl (C=O) groups excluding carboxylic acids is 2. The van der Waals surface area contributed by atoms with Gasteiger partial charge in [0.05, 0.1) is 16.6 Å². The number of primary sulfonamides is 1. The number of rotatable bonds is 6. The van der Waals surface area contributed by atoms with Gasteiger partial charge in [-0.2, -0.15) is 0 Å². The van der Waals surface area contributed by atoms with Crippen molar-refractivity contribution in [2.45, 2.75) is 17.9 Å². The minimum atomic E-state index is -4.08. The van der Waals surface area contributed by atoms with E-state index in [1.807, 2.05) is 24.4 Å². The molecule has 1 aromatic heterocycles. The summed E-state index contributed by atoms with van der Waals surface area (Å²) in [7, 11) is -4.08. The van der Waals surface area contributed by atoms with Gasteiger partial charge in [0.2, 0.25) is 10.0 Å². The largest absolute Gasteiger partial charge is 0.452 e. The van der Waals surface area contributed by atoms with E-state index in [-0.39, 0.29) is 21.5 Å². The van der Waals surface area contributed by atoms with E-state index < -0.39 is 28.5 Å². The molecule has 0 aliphatic heterocycles. The van der Waals surface area contributed by atoms with E-state index in [9.17, 15) is 18.0 Å². The van der Waals surface area contributed by atoms with E-state index >= 15 is 0 Å². The predicted molar refractivity (Wildman–Crippen MR) is 94.0 cm³/mol. The van der Waals surface area contributed by atoms with Crippen molar-refractivity contribution in [2.24, 2.45) is 5.14 Å². The van der Waals surface area contributed by atoms with Crippen LogP contribution in [0.4, 0.5) is 0 Å². The highest BCUT2D eigenvalue weighted by molar-refractivity contribution is 7.89. The van der Waals surface area contributed by atoms with E-state index in [2.05, 4.69) is 5.32 Å². The van der Waals surface area contributed by atoms with Gasteiger partial charge < -0.3 is 10.1 Å². The summed E-state index contributed by atoms with van der Waals surface area (Å²) in [6.45, 7) is 1.31. The Morgan fingerprint density at radius 3 is 2.68 bits per heavy atom. The summed E-state index contributed by atoms with van der Waals surface area (Å²) >= 11 is 7.24. The number of thiophene rings is 1. The molecule has 25 heavy (non-hydrogen) atoms. The van der Waals surface area contributed by atoms with Crippen LogP contribution in [-0.4, -0.2) is 26.9 Å². The first-order valence-corrected chi connectivity index (χ1v) is 9.81. The second kappa shape index (κ2) is 7.96. The maximum Gasteiger partial charge on any atom is 0.338 e. The first-order valence-electron chi connectivity index (χ1n) is 7.00. The van der Waals surface area contributed by atoms with Gasteiger partial charge in [0.25, 0.3) is 5.91 Å². The number of nitrogens with one attached hydrogen (secondary N) is 1. The Morgan fingerprint density at radius 2 is 2.08 bits per heavy atom. The van der Waals surface area contributed by atoms with Crippen LogP contribution in [0.3, 0.4) is 0 Å². The molecule has 134 valence electrons. The van der Waals surface area contributed by atoms with Crippen LogP contribution in [0.5, 0.6) is 0 Å². The molecule has 1 atom stereocenters. The average Bonchev–Trinajstić information content (AvgIpc) is 3.06. The molecule has 0 saturated carbocycles. The fourth-order valence-electron chi connectivity index (χ4n) is 1.95. The van der Waals surface area contributed by atoms with E-state index in [0.29, 0.717) is 0 Å². The van der Waals surface area contributed by atoms with Crippen LogP contribution >= 0.6 is 22.9 Å². The Hall–Kier alpha value is -1.94. The maximum atomic E-state index is 12.0. The highest BCUT2D eigenvalue weighted by Crippen LogP contribution is 2.22. The number of hydrogen-bond donors (Lipinski definition) is 2. The summed E-state index contributed by atoms with van der Waals surface area (Å²) in [5.74, 6) is -1.34. The van der Waals surface area contributed by atoms with Crippen LogP contribution in [0, 0.1) is 0 Å². The molecule has 0 aliphatic carbocycles. The number of esters is 1.